The standard InChI is InChI=1S/C25H42O4/c1-25(2,27-3)29-22-13-11-9-7-5-4-6-8-10-12-21-28-24-18-16-23(17-19-24)15-14-20-26/h16-20H,4-15,21-22H2,1-3H3. The van der Waals surface area contributed by atoms with Crippen molar-refractivity contribution in [3.8, 4) is 5.75 Å². The van der Waals surface area contributed by atoms with Gasteiger partial charge >= 0.3 is 0 Å². The zero-order chi connectivity index (χ0) is 21.2. The Labute approximate surface area is 178 Å². The number of carbonyl (C=O) groups excluding carboxylic acids is 1. The molecule has 0 amide bonds. The molecule has 4 heteroatoms. The van der Waals surface area contributed by atoms with E-state index < -0.39 is 5.79 Å². The highest BCUT2D eigenvalue weighted by atomic mass is 16.7. The highest BCUT2D eigenvalue weighted by Crippen LogP contribution is 2.15. The molecule has 0 radical (unpaired) electrons. The quantitative estimate of drug-likeness (QED) is 0.149. The van der Waals surface area contributed by atoms with Gasteiger partial charge in [0.15, 0.2) is 5.79 Å². The minimum Gasteiger partial charge on any atom is -0.494 e. The summed E-state index contributed by atoms with van der Waals surface area (Å²) >= 11 is 0. The van der Waals surface area contributed by atoms with Crippen LogP contribution in [-0.4, -0.2) is 32.4 Å². The molecule has 0 aliphatic carbocycles. The summed E-state index contributed by atoms with van der Waals surface area (Å²) in [6.07, 6.45) is 15.0. The van der Waals surface area contributed by atoms with Crippen LogP contribution in [-0.2, 0) is 20.7 Å². The van der Waals surface area contributed by atoms with Crippen molar-refractivity contribution in [1.82, 2.24) is 0 Å². The molecule has 0 bridgehead atoms. The summed E-state index contributed by atoms with van der Waals surface area (Å²) in [4.78, 5) is 10.4. The van der Waals surface area contributed by atoms with Crippen LogP contribution in [0.4, 0.5) is 0 Å². The highest BCUT2D eigenvalue weighted by molar-refractivity contribution is 5.50. The van der Waals surface area contributed by atoms with Gasteiger partial charge < -0.3 is 19.0 Å². The van der Waals surface area contributed by atoms with Gasteiger partial charge in [0.25, 0.3) is 0 Å². The van der Waals surface area contributed by atoms with E-state index in [2.05, 4.69) is 0 Å². The first-order valence-corrected chi connectivity index (χ1v) is 11.4. The van der Waals surface area contributed by atoms with Crippen molar-refractivity contribution < 1.29 is 19.0 Å². The SMILES string of the molecule is COC(C)(C)OCCCCCCCCCCCCOc1ccc(CCC=O)cc1. The molecule has 0 fully saturated rings. The molecular formula is C25H42O4. The first-order valence-electron chi connectivity index (χ1n) is 11.4. The Morgan fingerprint density at radius 2 is 1.31 bits per heavy atom. The number of ether oxygens (including phenoxy) is 3. The third kappa shape index (κ3) is 14.3. The van der Waals surface area contributed by atoms with E-state index in [4.69, 9.17) is 14.2 Å². The monoisotopic (exact) mass is 406 g/mol. The largest absolute Gasteiger partial charge is 0.494 e. The molecule has 0 saturated carbocycles. The number of hydrogen-bond acceptors (Lipinski definition) is 4. The topological polar surface area (TPSA) is 44.8 Å². The number of aryl methyl sites for hydroxylation is 1. The summed E-state index contributed by atoms with van der Waals surface area (Å²) in [7, 11) is 1.69. The maximum Gasteiger partial charge on any atom is 0.162 e. The Hall–Kier alpha value is -1.39. The molecule has 0 spiro atoms. The van der Waals surface area contributed by atoms with Crippen LogP contribution < -0.4 is 4.74 Å². The van der Waals surface area contributed by atoms with Gasteiger partial charge in [-0.15, -0.1) is 0 Å². The minimum atomic E-state index is -0.451. The van der Waals surface area contributed by atoms with Crippen molar-refractivity contribution in [2.75, 3.05) is 20.3 Å². The third-order valence-electron chi connectivity index (χ3n) is 5.22. The number of hydrogen-bond donors (Lipinski definition) is 0. The van der Waals surface area contributed by atoms with Crippen molar-refractivity contribution in [1.29, 1.82) is 0 Å². The Morgan fingerprint density at radius 3 is 1.83 bits per heavy atom. The number of carbonyl (C=O) groups is 1. The Bertz CT molecular complexity index is 510. The van der Waals surface area contributed by atoms with Gasteiger partial charge in [0.2, 0.25) is 0 Å². The van der Waals surface area contributed by atoms with E-state index in [1.807, 2.05) is 38.1 Å². The summed E-state index contributed by atoms with van der Waals surface area (Å²) in [5, 5.41) is 0. The second-order valence-corrected chi connectivity index (χ2v) is 8.19. The van der Waals surface area contributed by atoms with Crippen molar-refractivity contribution in [2.45, 2.75) is 96.7 Å². The molecule has 1 rings (SSSR count). The lowest BCUT2D eigenvalue weighted by Crippen LogP contribution is -2.26. The van der Waals surface area contributed by atoms with Gasteiger partial charge in [-0.2, -0.15) is 0 Å². The molecular weight excluding hydrogens is 364 g/mol. The van der Waals surface area contributed by atoms with Gasteiger partial charge in [-0.1, -0.05) is 63.5 Å². The van der Waals surface area contributed by atoms with Gasteiger partial charge in [0, 0.05) is 20.1 Å². The highest BCUT2D eigenvalue weighted by Gasteiger charge is 2.15. The van der Waals surface area contributed by atoms with Gasteiger partial charge in [0.05, 0.1) is 6.61 Å². The van der Waals surface area contributed by atoms with E-state index in [1.54, 1.807) is 7.11 Å². The molecule has 4 nitrogen and oxygen atoms in total. The number of unbranched alkanes of at least 4 members (excludes halogenated alkanes) is 9. The fourth-order valence-electron chi connectivity index (χ4n) is 3.16. The molecule has 0 aliphatic rings. The van der Waals surface area contributed by atoms with Crippen molar-refractivity contribution >= 4 is 6.29 Å². The fourth-order valence-corrected chi connectivity index (χ4v) is 3.16. The first-order chi connectivity index (χ1) is 14.1. The predicted molar refractivity (Wildman–Crippen MR) is 120 cm³/mol. The second-order valence-electron chi connectivity index (χ2n) is 8.19. The zero-order valence-electron chi connectivity index (χ0n) is 18.9. The number of methoxy groups -OCH3 is 1. The van der Waals surface area contributed by atoms with Gasteiger partial charge in [-0.05, 0) is 50.8 Å². The maximum atomic E-state index is 10.4. The lowest BCUT2D eigenvalue weighted by atomic mass is 10.1. The number of aldehydes is 1. The minimum absolute atomic E-state index is 0.451. The average molecular weight is 407 g/mol. The van der Waals surface area contributed by atoms with E-state index >= 15 is 0 Å². The summed E-state index contributed by atoms with van der Waals surface area (Å²) in [5.41, 5.74) is 1.19. The fraction of sp³-hybridized carbons (Fsp3) is 0.720. The van der Waals surface area contributed by atoms with Crippen LogP contribution in [0.1, 0.15) is 90.0 Å². The van der Waals surface area contributed by atoms with Crippen molar-refractivity contribution in [3.05, 3.63) is 29.8 Å². The smallest absolute Gasteiger partial charge is 0.162 e. The predicted octanol–water partition coefficient (Wildman–Crippen LogP) is 6.50. The summed E-state index contributed by atoms with van der Waals surface area (Å²) in [6.45, 7) is 5.48. The average Bonchev–Trinajstić information content (AvgIpc) is 2.73. The molecule has 1 aromatic carbocycles. The zero-order valence-corrected chi connectivity index (χ0v) is 18.9. The summed E-state index contributed by atoms with van der Waals surface area (Å²) < 4.78 is 16.7. The molecule has 0 saturated heterocycles. The summed E-state index contributed by atoms with van der Waals surface area (Å²) in [6, 6.07) is 8.11. The van der Waals surface area contributed by atoms with Crippen LogP contribution in [0.25, 0.3) is 0 Å². The molecule has 0 N–H and O–H groups in total. The van der Waals surface area contributed by atoms with Gasteiger partial charge in [-0.25, -0.2) is 0 Å². The van der Waals surface area contributed by atoms with Crippen LogP contribution in [0.15, 0.2) is 24.3 Å². The van der Waals surface area contributed by atoms with E-state index in [1.165, 1.54) is 56.9 Å². The van der Waals surface area contributed by atoms with E-state index in [-0.39, 0.29) is 0 Å². The Balaban J connectivity index is 1.85. The number of rotatable bonds is 19. The van der Waals surface area contributed by atoms with Crippen molar-refractivity contribution in [3.63, 3.8) is 0 Å². The molecule has 0 aliphatic heterocycles. The van der Waals surface area contributed by atoms with Crippen LogP contribution in [0.5, 0.6) is 5.75 Å². The van der Waals surface area contributed by atoms with Crippen LogP contribution >= 0.6 is 0 Å². The van der Waals surface area contributed by atoms with Gasteiger partial charge in [-0.3, -0.25) is 0 Å². The van der Waals surface area contributed by atoms with E-state index in [0.29, 0.717) is 6.42 Å². The Morgan fingerprint density at radius 1 is 0.793 bits per heavy atom. The molecule has 0 heterocycles. The first kappa shape index (κ1) is 25.6. The molecule has 29 heavy (non-hydrogen) atoms. The van der Waals surface area contributed by atoms with E-state index in [0.717, 1.165) is 44.5 Å². The van der Waals surface area contributed by atoms with Crippen LogP contribution in [0, 0.1) is 0 Å². The number of benzene rings is 1. The summed E-state index contributed by atoms with van der Waals surface area (Å²) in [5.74, 6) is 0.476. The molecule has 166 valence electrons. The van der Waals surface area contributed by atoms with E-state index in [9.17, 15) is 4.79 Å². The second kappa shape index (κ2) is 16.4. The molecule has 0 atom stereocenters. The van der Waals surface area contributed by atoms with Crippen LogP contribution in [0.3, 0.4) is 0 Å². The normalized spacial score (nSPS) is 11.6. The Kier molecular flexibility index (Phi) is 14.5. The van der Waals surface area contributed by atoms with Crippen molar-refractivity contribution in [2.24, 2.45) is 0 Å². The molecule has 0 unspecified atom stereocenters. The lowest BCUT2D eigenvalue weighted by molar-refractivity contribution is -0.197. The van der Waals surface area contributed by atoms with Crippen LogP contribution in [0.2, 0.25) is 0 Å². The van der Waals surface area contributed by atoms with Gasteiger partial charge in [0.1, 0.15) is 12.0 Å². The third-order valence-corrected chi connectivity index (χ3v) is 5.22. The lowest BCUT2D eigenvalue weighted by Gasteiger charge is -2.23. The molecule has 1 aromatic rings. The maximum absolute atomic E-state index is 10.4. The molecule has 0 aromatic heterocycles.